The molecule has 0 spiro atoms. The van der Waals surface area contributed by atoms with Gasteiger partial charge in [-0.2, -0.15) is 5.10 Å². The van der Waals surface area contributed by atoms with Crippen molar-refractivity contribution < 1.29 is 18.8 Å². The second kappa shape index (κ2) is 8.87. The summed E-state index contributed by atoms with van der Waals surface area (Å²) < 4.78 is 14.7. The number of carbonyl (C=O) groups excluding carboxylic acids is 3. The fraction of sp³-hybridized carbons (Fsp3) is 0.455. The molecule has 1 aliphatic carbocycles. The number of hydrogen-bond donors (Lipinski definition) is 3. The Morgan fingerprint density at radius 2 is 2.06 bits per heavy atom. The molecule has 8 nitrogen and oxygen atoms in total. The number of amides is 3. The highest BCUT2D eigenvalue weighted by molar-refractivity contribution is 5.90. The van der Waals surface area contributed by atoms with Crippen LogP contribution in [0.5, 0.6) is 0 Å². The summed E-state index contributed by atoms with van der Waals surface area (Å²) in [6, 6.07) is 5.56. The minimum absolute atomic E-state index is 0.142. The highest BCUT2D eigenvalue weighted by atomic mass is 19.1. The van der Waals surface area contributed by atoms with Crippen molar-refractivity contribution in [2.75, 3.05) is 13.1 Å². The van der Waals surface area contributed by atoms with E-state index in [1.807, 2.05) is 6.07 Å². The molecule has 2 atom stereocenters. The van der Waals surface area contributed by atoms with Gasteiger partial charge in [0.2, 0.25) is 17.7 Å². The Hall–Kier alpha value is -3.23. The third-order valence-electron chi connectivity index (χ3n) is 5.86. The van der Waals surface area contributed by atoms with Crippen molar-refractivity contribution in [2.24, 2.45) is 0 Å². The maximum absolute atomic E-state index is 14.7. The van der Waals surface area contributed by atoms with E-state index in [0.29, 0.717) is 36.2 Å². The lowest BCUT2D eigenvalue weighted by Gasteiger charge is -2.26. The number of H-pyrrole nitrogens is 1. The summed E-state index contributed by atoms with van der Waals surface area (Å²) in [6.07, 6.45) is 4.80. The highest BCUT2D eigenvalue weighted by Gasteiger charge is 2.35. The van der Waals surface area contributed by atoms with Crippen LogP contribution >= 0.6 is 0 Å². The van der Waals surface area contributed by atoms with Gasteiger partial charge in [0, 0.05) is 19.7 Å². The van der Waals surface area contributed by atoms with E-state index in [4.69, 9.17) is 0 Å². The predicted molar refractivity (Wildman–Crippen MR) is 110 cm³/mol. The van der Waals surface area contributed by atoms with Crippen LogP contribution in [0.25, 0.3) is 0 Å². The van der Waals surface area contributed by atoms with Gasteiger partial charge < -0.3 is 15.5 Å². The molecule has 1 saturated heterocycles. The van der Waals surface area contributed by atoms with Crippen LogP contribution in [0.2, 0.25) is 0 Å². The molecule has 0 bridgehead atoms. The third kappa shape index (κ3) is 4.76. The van der Waals surface area contributed by atoms with Crippen LogP contribution in [-0.2, 0) is 14.4 Å². The number of halogens is 1. The topological polar surface area (TPSA) is 107 Å². The molecule has 2 unspecified atom stereocenters. The molecule has 3 N–H and O–H groups in total. The predicted octanol–water partition coefficient (Wildman–Crippen LogP) is 1.76. The van der Waals surface area contributed by atoms with E-state index in [-0.39, 0.29) is 36.0 Å². The van der Waals surface area contributed by atoms with Crippen molar-refractivity contribution in [3.8, 4) is 0 Å². The number of rotatable bonds is 7. The van der Waals surface area contributed by atoms with Crippen molar-refractivity contribution in [2.45, 2.75) is 50.6 Å². The quantitative estimate of drug-likeness (QED) is 0.626. The molecule has 1 aliphatic heterocycles. The summed E-state index contributed by atoms with van der Waals surface area (Å²) in [5.41, 5.74) is 1.94. The monoisotopic (exact) mass is 427 g/mol. The fourth-order valence-electron chi connectivity index (χ4n) is 4.09. The SMILES string of the molecule is CC(=O)NCC(=O)N1CCCC1C(=O)NC(c1ccc(C2CC2)c(F)c1)c1ccn[nH]1. The van der Waals surface area contributed by atoms with Gasteiger partial charge in [0.1, 0.15) is 11.9 Å². The molecule has 2 aromatic rings. The van der Waals surface area contributed by atoms with E-state index in [1.165, 1.54) is 17.9 Å². The first-order chi connectivity index (χ1) is 14.9. The molecule has 0 radical (unpaired) electrons. The summed E-state index contributed by atoms with van der Waals surface area (Å²) in [5.74, 6) is -0.905. The van der Waals surface area contributed by atoms with Gasteiger partial charge in [-0.05, 0) is 54.9 Å². The summed E-state index contributed by atoms with van der Waals surface area (Å²) in [7, 11) is 0. The van der Waals surface area contributed by atoms with Crippen molar-refractivity contribution in [3.05, 3.63) is 53.1 Å². The van der Waals surface area contributed by atoms with Crippen LogP contribution in [-0.4, -0.2) is 52.0 Å². The summed E-state index contributed by atoms with van der Waals surface area (Å²) in [5, 5.41) is 12.3. The number of benzene rings is 1. The van der Waals surface area contributed by atoms with E-state index in [9.17, 15) is 18.8 Å². The van der Waals surface area contributed by atoms with Gasteiger partial charge in [0.25, 0.3) is 0 Å². The van der Waals surface area contributed by atoms with Gasteiger partial charge in [-0.15, -0.1) is 0 Å². The van der Waals surface area contributed by atoms with Crippen molar-refractivity contribution >= 4 is 17.7 Å². The number of nitrogens with zero attached hydrogens (tertiary/aromatic N) is 2. The van der Waals surface area contributed by atoms with Crippen LogP contribution in [0.4, 0.5) is 4.39 Å². The Morgan fingerprint density at radius 3 is 2.71 bits per heavy atom. The average Bonchev–Trinajstić information content (AvgIpc) is 3.23. The van der Waals surface area contributed by atoms with Crippen LogP contribution in [0, 0.1) is 5.82 Å². The molecule has 1 aromatic carbocycles. The smallest absolute Gasteiger partial charge is 0.243 e. The van der Waals surface area contributed by atoms with E-state index in [0.717, 1.165) is 12.8 Å². The summed E-state index contributed by atoms with van der Waals surface area (Å²) in [4.78, 5) is 38.2. The largest absolute Gasteiger partial charge is 0.347 e. The van der Waals surface area contributed by atoms with Gasteiger partial charge in [-0.25, -0.2) is 4.39 Å². The maximum atomic E-state index is 14.7. The lowest BCUT2D eigenvalue weighted by Crippen LogP contribution is -2.49. The minimum atomic E-state index is -0.637. The first-order valence-electron chi connectivity index (χ1n) is 10.6. The average molecular weight is 427 g/mol. The molecular weight excluding hydrogens is 401 g/mol. The van der Waals surface area contributed by atoms with Gasteiger partial charge in [-0.3, -0.25) is 19.5 Å². The van der Waals surface area contributed by atoms with Gasteiger partial charge in [0.15, 0.2) is 0 Å². The van der Waals surface area contributed by atoms with Gasteiger partial charge >= 0.3 is 0 Å². The van der Waals surface area contributed by atoms with Crippen LogP contribution < -0.4 is 10.6 Å². The molecule has 164 valence electrons. The Kier molecular flexibility index (Phi) is 6.01. The number of aromatic amines is 1. The molecule has 3 amide bonds. The summed E-state index contributed by atoms with van der Waals surface area (Å²) >= 11 is 0. The van der Waals surface area contributed by atoms with Gasteiger partial charge in [0.05, 0.1) is 18.3 Å². The molecule has 1 saturated carbocycles. The highest BCUT2D eigenvalue weighted by Crippen LogP contribution is 2.41. The lowest BCUT2D eigenvalue weighted by molar-refractivity contribution is -0.138. The molecular formula is C22H26FN5O3. The Balaban J connectivity index is 1.52. The van der Waals surface area contributed by atoms with Crippen LogP contribution in [0.15, 0.2) is 30.5 Å². The molecule has 2 heterocycles. The zero-order valence-corrected chi connectivity index (χ0v) is 17.4. The summed E-state index contributed by atoms with van der Waals surface area (Å²) in [6.45, 7) is 1.65. The number of carbonyl (C=O) groups is 3. The molecule has 2 aliphatic rings. The molecule has 31 heavy (non-hydrogen) atoms. The van der Waals surface area contributed by atoms with Crippen LogP contribution in [0.1, 0.15) is 61.4 Å². The zero-order chi connectivity index (χ0) is 22.0. The first-order valence-corrected chi connectivity index (χ1v) is 10.6. The van der Waals surface area contributed by atoms with E-state index in [2.05, 4.69) is 20.8 Å². The normalized spacial score (nSPS) is 19.2. The van der Waals surface area contributed by atoms with Gasteiger partial charge in [-0.1, -0.05) is 12.1 Å². The van der Waals surface area contributed by atoms with E-state index in [1.54, 1.807) is 18.3 Å². The molecule has 4 rings (SSSR count). The number of hydrogen-bond acceptors (Lipinski definition) is 4. The zero-order valence-electron chi connectivity index (χ0n) is 17.4. The second-order valence-electron chi connectivity index (χ2n) is 8.16. The Labute approximate surface area is 179 Å². The number of aromatic nitrogens is 2. The van der Waals surface area contributed by atoms with Crippen LogP contribution in [0.3, 0.4) is 0 Å². The van der Waals surface area contributed by atoms with Crippen molar-refractivity contribution in [1.29, 1.82) is 0 Å². The number of nitrogens with one attached hydrogen (secondary N) is 3. The Morgan fingerprint density at radius 1 is 1.26 bits per heavy atom. The Bertz CT molecular complexity index is 974. The minimum Gasteiger partial charge on any atom is -0.347 e. The lowest BCUT2D eigenvalue weighted by atomic mass is 9.99. The first kappa shape index (κ1) is 21.0. The maximum Gasteiger partial charge on any atom is 0.243 e. The van der Waals surface area contributed by atoms with E-state index < -0.39 is 12.1 Å². The third-order valence-corrected chi connectivity index (χ3v) is 5.86. The second-order valence-corrected chi connectivity index (χ2v) is 8.16. The molecule has 2 fully saturated rings. The standard InChI is InChI=1S/C22H26FN5O3/c1-13(29)24-12-20(30)28-10-2-3-19(28)22(31)26-21(18-8-9-25-27-18)15-6-7-16(14-4-5-14)17(23)11-15/h6-9,11,14,19,21H,2-5,10,12H2,1H3,(H,24,29)(H,25,27)(H,26,31). The molecule has 9 heteroatoms. The fourth-order valence-corrected chi connectivity index (χ4v) is 4.09. The van der Waals surface area contributed by atoms with Crippen molar-refractivity contribution in [3.63, 3.8) is 0 Å². The number of likely N-dealkylation sites (tertiary alicyclic amines) is 1. The molecule has 1 aromatic heterocycles. The van der Waals surface area contributed by atoms with Crippen molar-refractivity contribution in [1.82, 2.24) is 25.7 Å². The van der Waals surface area contributed by atoms with E-state index >= 15 is 0 Å².